The van der Waals surface area contributed by atoms with Gasteiger partial charge in [0.15, 0.2) is 0 Å². The maximum Gasteiger partial charge on any atom is 0.325 e. The number of para-hydroxylation sites is 1. The summed E-state index contributed by atoms with van der Waals surface area (Å²) in [7, 11) is 0. The number of fused-ring (bicyclic) bond motifs is 1. The lowest BCUT2D eigenvalue weighted by Crippen LogP contribution is -2.51. The number of carbonyl (C=O) groups is 3. The number of likely N-dealkylation sites (N-methyl/N-ethyl adjacent to an activating group) is 1. The average Bonchev–Trinajstić information content (AvgIpc) is 2.93. The number of rotatable bonds is 4. The number of hydrogen-bond donors (Lipinski definition) is 1. The second-order valence-electron chi connectivity index (χ2n) is 7.32. The average molecular weight is 377 g/mol. The molecule has 1 unspecified atom stereocenters. The van der Waals surface area contributed by atoms with Gasteiger partial charge in [-0.25, -0.2) is 4.79 Å². The van der Waals surface area contributed by atoms with Crippen molar-refractivity contribution >= 4 is 23.5 Å². The maximum atomic E-state index is 13.2. The molecule has 2 aromatic rings. The van der Waals surface area contributed by atoms with Crippen LogP contribution >= 0.6 is 0 Å². The van der Waals surface area contributed by atoms with Crippen LogP contribution in [-0.2, 0) is 22.4 Å². The Morgan fingerprint density at radius 1 is 1.07 bits per heavy atom. The van der Waals surface area contributed by atoms with Crippen LogP contribution in [0.2, 0.25) is 0 Å². The van der Waals surface area contributed by atoms with Gasteiger partial charge in [0.1, 0.15) is 12.1 Å². The summed E-state index contributed by atoms with van der Waals surface area (Å²) in [5, 5.41) is 2.88. The standard InChI is InChI=1S/C22H23N3O3/c1-2-24(18-10-4-3-5-11-18)19(26)15-25-20(27)22(23-21(25)28)13-12-16-8-6-7-9-17(16)14-22/h3-11H,2,12-15H2,1H3,(H,23,28). The molecule has 0 saturated carbocycles. The SMILES string of the molecule is CCN(C(=O)CN1C(=O)NC2(CCc3ccccc3C2)C1=O)c1ccccc1. The van der Waals surface area contributed by atoms with Crippen molar-refractivity contribution in [3.05, 3.63) is 65.7 Å². The van der Waals surface area contributed by atoms with E-state index in [2.05, 4.69) is 11.4 Å². The van der Waals surface area contributed by atoms with E-state index in [1.165, 1.54) is 5.56 Å². The molecular formula is C22H23N3O3. The van der Waals surface area contributed by atoms with Crippen LogP contribution in [0.5, 0.6) is 0 Å². The van der Waals surface area contributed by atoms with Crippen LogP contribution < -0.4 is 10.2 Å². The topological polar surface area (TPSA) is 69.7 Å². The molecule has 0 aromatic heterocycles. The molecule has 1 fully saturated rings. The summed E-state index contributed by atoms with van der Waals surface area (Å²) in [6, 6.07) is 16.8. The summed E-state index contributed by atoms with van der Waals surface area (Å²) in [5.41, 5.74) is 2.11. The Balaban J connectivity index is 1.53. The zero-order valence-corrected chi connectivity index (χ0v) is 15.9. The lowest BCUT2D eigenvalue weighted by Gasteiger charge is -2.32. The van der Waals surface area contributed by atoms with E-state index in [1.54, 1.807) is 4.90 Å². The van der Waals surface area contributed by atoms with E-state index in [0.717, 1.165) is 22.6 Å². The number of urea groups is 1. The molecule has 144 valence electrons. The third-order valence-corrected chi connectivity index (χ3v) is 5.66. The van der Waals surface area contributed by atoms with Crippen molar-refractivity contribution in [1.82, 2.24) is 10.2 Å². The minimum Gasteiger partial charge on any atom is -0.323 e. The number of carbonyl (C=O) groups excluding carboxylic acids is 3. The fraction of sp³-hybridized carbons (Fsp3) is 0.318. The van der Waals surface area contributed by atoms with Crippen LogP contribution in [-0.4, -0.2) is 41.4 Å². The summed E-state index contributed by atoms with van der Waals surface area (Å²) in [4.78, 5) is 41.2. The summed E-state index contributed by atoms with van der Waals surface area (Å²) in [5.74, 6) is -0.574. The summed E-state index contributed by atoms with van der Waals surface area (Å²) >= 11 is 0. The molecule has 28 heavy (non-hydrogen) atoms. The molecule has 6 heteroatoms. The second-order valence-corrected chi connectivity index (χ2v) is 7.32. The number of nitrogens with zero attached hydrogens (tertiary/aromatic N) is 2. The van der Waals surface area contributed by atoms with Crippen LogP contribution in [0, 0.1) is 0 Å². The monoisotopic (exact) mass is 377 g/mol. The Kier molecular flexibility index (Phi) is 4.63. The first-order valence-electron chi connectivity index (χ1n) is 9.60. The Bertz CT molecular complexity index is 928. The number of anilines is 1. The molecule has 6 nitrogen and oxygen atoms in total. The highest BCUT2D eigenvalue weighted by atomic mass is 16.2. The van der Waals surface area contributed by atoms with Crippen molar-refractivity contribution in [3.8, 4) is 0 Å². The quantitative estimate of drug-likeness (QED) is 0.833. The first kappa shape index (κ1) is 18.2. The van der Waals surface area contributed by atoms with Crippen molar-refractivity contribution in [3.63, 3.8) is 0 Å². The van der Waals surface area contributed by atoms with E-state index in [9.17, 15) is 14.4 Å². The summed E-state index contributed by atoms with van der Waals surface area (Å²) < 4.78 is 0. The predicted molar refractivity (Wildman–Crippen MR) is 106 cm³/mol. The van der Waals surface area contributed by atoms with Gasteiger partial charge in [-0.3, -0.25) is 14.5 Å². The maximum absolute atomic E-state index is 13.2. The zero-order chi connectivity index (χ0) is 19.7. The van der Waals surface area contributed by atoms with E-state index >= 15 is 0 Å². The molecule has 4 rings (SSSR count). The van der Waals surface area contributed by atoms with Gasteiger partial charge < -0.3 is 10.2 Å². The van der Waals surface area contributed by atoms with Crippen molar-refractivity contribution in [2.75, 3.05) is 18.0 Å². The minimum absolute atomic E-state index is 0.253. The second kappa shape index (κ2) is 7.11. The van der Waals surface area contributed by atoms with Gasteiger partial charge >= 0.3 is 6.03 Å². The molecule has 2 aliphatic rings. The fourth-order valence-corrected chi connectivity index (χ4v) is 4.18. The molecule has 1 N–H and O–H groups in total. The summed E-state index contributed by atoms with van der Waals surface area (Å²) in [6.45, 7) is 2.08. The Hall–Kier alpha value is -3.15. The molecule has 0 bridgehead atoms. The number of hydrogen-bond acceptors (Lipinski definition) is 3. The molecule has 0 radical (unpaired) electrons. The smallest absolute Gasteiger partial charge is 0.323 e. The normalized spacial score (nSPS) is 20.8. The largest absolute Gasteiger partial charge is 0.325 e. The number of nitrogens with one attached hydrogen (secondary N) is 1. The molecule has 1 heterocycles. The first-order chi connectivity index (χ1) is 13.5. The van der Waals surface area contributed by atoms with Gasteiger partial charge in [-0.2, -0.15) is 0 Å². The third kappa shape index (κ3) is 3.05. The highest BCUT2D eigenvalue weighted by Crippen LogP contribution is 2.33. The van der Waals surface area contributed by atoms with E-state index in [1.807, 2.05) is 55.5 Å². The Morgan fingerprint density at radius 3 is 2.46 bits per heavy atom. The zero-order valence-electron chi connectivity index (χ0n) is 15.9. The van der Waals surface area contributed by atoms with Gasteiger partial charge in [0.2, 0.25) is 5.91 Å². The van der Waals surface area contributed by atoms with Crippen LogP contribution in [0.1, 0.15) is 24.5 Å². The minimum atomic E-state index is -0.935. The molecule has 1 aliphatic heterocycles. The third-order valence-electron chi connectivity index (χ3n) is 5.66. The van der Waals surface area contributed by atoms with E-state index in [0.29, 0.717) is 19.4 Å². The highest BCUT2D eigenvalue weighted by Gasteiger charge is 2.52. The molecule has 2 aromatic carbocycles. The molecular weight excluding hydrogens is 354 g/mol. The molecule has 4 amide bonds. The summed E-state index contributed by atoms with van der Waals surface area (Å²) in [6.07, 6.45) is 1.75. The number of amides is 4. The van der Waals surface area contributed by atoms with Crippen LogP contribution in [0.4, 0.5) is 10.5 Å². The van der Waals surface area contributed by atoms with Gasteiger partial charge in [0, 0.05) is 18.7 Å². The fourth-order valence-electron chi connectivity index (χ4n) is 4.18. The predicted octanol–water partition coefficient (Wildman–Crippen LogP) is 2.52. The van der Waals surface area contributed by atoms with Gasteiger partial charge in [-0.05, 0) is 43.0 Å². The number of benzene rings is 2. The lowest BCUT2D eigenvalue weighted by molar-refractivity contribution is -0.134. The van der Waals surface area contributed by atoms with Gasteiger partial charge in [-0.15, -0.1) is 0 Å². The van der Waals surface area contributed by atoms with Gasteiger partial charge in [-0.1, -0.05) is 42.5 Å². The van der Waals surface area contributed by atoms with Crippen molar-refractivity contribution in [2.45, 2.75) is 31.7 Å². The van der Waals surface area contributed by atoms with E-state index in [-0.39, 0.29) is 18.4 Å². The van der Waals surface area contributed by atoms with Crippen molar-refractivity contribution < 1.29 is 14.4 Å². The van der Waals surface area contributed by atoms with E-state index in [4.69, 9.17) is 0 Å². The van der Waals surface area contributed by atoms with Crippen molar-refractivity contribution in [2.24, 2.45) is 0 Å². The van der Waals surface area contributed by atoms with Crippen LogP contribution in [0.25, 0.3) is 0 Å². The molecule has 1 saturated heterocycles. The van der Waals surface area contributed by atoms with Gasteiger partial charge in [0.05, 0.1) is 0 Å². The van der Waals surface area contributed by atoms with Gasteiger partial charge in [0.25, 0.3) is 5.91 Å². The highest BCUT2D eigenvalue weighted by molar-refractivity contribution is 6.10. The van der Waals surface area contributed by atoms with Crippen LogP contribution in [0.15, 0.2) is 54.6 Å². The molecule has 1 atom stereocenters. The number of imide groups is 1. The molecule has 1 aliphatic carbocycles. The Morgan fingerprint density at radius 2 is 1.75 bits per heavy atom. The lowest BCUT2D eigenvalue weighted by atomic mass is 9.78. The Labute approximate surface area is 164 Å². The molecule has 1 spiro atoms. The van der Waals surface area contributed by atoms with Crippen LogP contribution in [0.3, 0.4) is 0 Å². The van der Waals surface area contributed by atoms with Crippen molar-refractivity contribution in [1.29, 1.82) is 0 Å². The van der Waals surface area contributed by atoms with E-state index < -0.39 is 11.6 Å². The first-order valence-corrected chi connectivity index (χ1v) is 9.60. The number of aryl methyl sites for hydroxylation is 1.